The molecule has 5 nitrogen and oxygen atoms in total. The van der Waals surface area contributed by atoms with Gasteiger partial charge in [-0.2, -0.15) is 0 Å². The Morgan fingerprint density at radius 1 is 0.941 bits per heavy atom. The second-order valence-electron chi connectivity index (χ2n) is 8.50. The van der Waals surface area contributed by atoms with Crippen LogP contribution in [0.5, 0.6) is 0 Å². The predicted octanol–water partition coefficient (Wildman–Crippen LogP) is 4.85. The molecule has 34 heavy (non-hydrogen) atoms. The van der Waals surface area contributed by atoms with E-state index in [4.69, 9.17) is 5.41 Å². The lowest BCUT2D eigenvalue weighted by Gasteiger charge is -2.13. The highest BCUT2D eigenvalue weighted by molar-refractivity contribution is 5.95. The van der Waals surface area contributed by atoms with Crippen molar-refractivity contribution in [1.82, 2.24) is 14.5 Å². The molecule has 4 aromatic rings. The van der Waals surface area contributed by atoms with Gasteiger partial charge in [0.25, 0.3) is 5.91 Å². The van der Waals surface area contributed by atoms with Crippen molar-refractivity contribution >= 4 is 5.91 Å². The number of nitrogens with one attached hydrogen (secondary N) is 2. The highest BCUT2D eigenvalue weighted by Gasteiger charge is 2.13. The van der Waals surface area contributed by atoms with Crippen molar-refractivity contribution in [3.05, 3.63) is 112 Å². The lowest BCUT2D eigenvalue weighted by atomic mass is 9.96. The van der Waals surface area contributed by atoms with E-state index in [0.29, 0.717) is 23.3 Å². The summed E-state index contributed by atoms with van der Waals surface area (Å²) in [5, 5.41) is 11.1. The first-order chi connectivity index (χ1) is 16.2. The molecule has 2 N–H and O–H groups in total. The number of aryl methyl sites for hydroxylation is 3. The van der Waals surface area contributed by atoms with Crippen molar-refractivity contribution in [2.75, 3.05) is 0 Å². The van der Waals surface area contributed by atoms with Crippen molar-refractivity contribution in [2.45, 2.75) is 26.9 Å². The minimum Gasteiger partial charge on any atom is -0.348 e. The minimum absolute atomic E-state index is 0.263. The summed E-state index contributed by atoms with van der Waals surface area (Å²) in [5.41, 5.74) is 5.34. The Hall–Kier alpha value is -4.00. The monoisotopic (exact) mass is 460 g/mol. The predicted molar refractivity (Wildman–Crippen MR) is 127 cm³/mol. The van der Waals surface area contributed by atoms with E-state index in [0.717, 1.165) is 27.8 Å². The average molecular weight is 461 g/mol. The van der Waals surface area contributed by atoms with Gasteiger partial charge in [-0.3, -0.25) is 10.2 Å². The van der Waals surface area contributed by atoms with E-state index in [1.165, 1.54) is 18.2 Å². The number of benzene rings is 3. The van der Waals surface area contributed by atoms with Crippen LogP contribution < -0.4 is 10.9 Å². The second-order valence-corrected chi connectivity index (χ2v) is 8.50. The number of halogens is 2. The maximum atomic E-state index is 13.7. The average Bonchev–Trinajstić information content (AvgIpc) is 3.11. The fourth-order valence-corrected chi connectivity index (χ4v) is 3.97. The van der Waals surface area contributed by atoms with Gasteiger partial charge in [-0.15, -0.1) is 0 Å². The van der Waals surface area contributed by atoms with Gasteiger partial charge in [-0.25, -0.2) is 8.78 Å². The van der Waals surface area contributed by atoms with Gasteiger partial charge in [0.05, 0.1) is 6.54 Å². The number of amides is 1. The third kappa shape index (κ3) is 4.98. The summed E-state index contributed by atoms with van der Waals surface area (Å²) in [6.07, 6.45) is 3.61. The lowest BCUT2D eigenvalue weighted by Crippen LogP contribution is -2.24. The molecule has 174 valence electrons. The van der Waals surface area contributed by atoms with E-state index in [1.54, 1.807) is 59.6 Å². The largest absolute Gasteiger partial charge is 0.348 e. The Morgan fingerprint density at radius 3 is 2.41 bits per heavy atom. The standard InChI is InChI=1S/C27H26F2N4O/c1-17-11-23(28)5-6-24(17)21-12-20(16-33-9-8-32(3)27(33)30)13-22(14-21)26(34)31-15-19-4-7-25(29)18(2)10-19/h4-14,30H,15-16H2,1-3H3,(H,31,34). The third-order valence-corrected chi connectivity index (χ3v) is 5.86. The summed E-state index contributed by atoms with van der Waals surface area (Å²) in [5.74, 6) is -0.869. The number of carbonyl (C=O) groups excluding carboxylic acids is 1. The van der Waals surface area contributed by atoms with Crippen LogP contribution in [0.4, 0.5) is 8.78 Å². The van der Waals surface area contributed by atoms with Gasteiger partial charge in [-0.1, -0.05) is 18.2 Å². The van der Waals surface area contributed by atoms with Crippen LogP contribution in [0.15, 0.2) is 67.0 Å². The van der Waals surface area contributed by atoms with E-state index < -0.39 is 0 Å². The van der Waals surface area contributed by atoms with Gasteiger partial charge in [-0.05, 0) is 83.6 Å². The number of imidazole rings is 1. The van der Waals surface area contributed by atoms with Crippen molar-refractivity contribution in [3.63, 3.8) is 0 Å². The first kappa shape index (κ1) is 23.2. The van der Waals surface area contributed by atoms with Crippen LogP contribution in [0, 0.1) is 30.9 Å². The molecule has 0 aliphatic rings. The van der Waals surface area contributed by atoms with Gasteiger partial charge in [0.15, 0.2) is 0 Å². The summed E-state index contributed by atoms with van der Waals surface area (Å²) < 4.78 is 30.7. The Kier molecular flexibility index (Phi) is 6.45. The number of nitrogens with zero attached hydrogens (tertiary/aromatic N) is 2. The van der Waals surface area contributed by atoms with E-state index >= 15 is 0 Å². The van der Waals surface area contributed by atoms with Gasteiger partial charge < -0.3 is 14.5 Å². The number of hydrogen-bond acceptors (Lipinski definition) is 2. The molecule has 1 heterocycles. The summed E-state index contributed by atoms with van der Waals surface area (Å²) in [6.45, 7) is 4.18. The molecule has 1 aromatic heterocycles. The smallest absolute Gasteiger partial charge is 0.251 e. The molecular formula is C27H26F2N4O. The van der Waals surface area contributed by atoms with E-state index in [2.05, 4.69) is 5.32 Å². The van der Waals surface area contributed by atoms with Crippen LogP contribution in [-0.2, 0) is 20.1 Å². The van der Waals surface area contributed by atoms with Crippen LogP contribution in [0.2, 0.25) is 0 Å². The first-order valence-corrected chi connectivity index (χ1v) is 10.9. The molecule has 0 spiro atoms. The molecule has 3 aromatic carbocycles. The molecule has 0 aliphatic carbocycles. The van der Waals surface area contributed by atoms with Gasteiger partial charge >= 0.3 is 0 Å². The number of aromatic nitrogens is 2. The Labute approximate surface area is 196 Å². The molecule has 0 radical (unpaired) electrons. The maximum Gasteiger partial charge on any atom is 0.251 e. The number of hydrogen-bond donors (Lipinski definition) is 2. The molecule has 1 amide bonds. The quantitative estimate of drug-likeness (QED) is 0.425. The van der Waals surface area contributed by atoms with Crippen LogP contribution in [0.1, 0.15) is 32.6 Å². The van der Waals surface area contributed by atoms with Gasteiger partial charge in [0, 0.05) is 31.5 Å². The minimum atomic E-state index is -0.316. The molecule has 0 fully saturated rings. The summed E-state index contributed by atoms with van der Waals surface area (Å²) in [4.78, 5) is 13.1. The van der Waals surface area contributed by atoms with Gasteiger partial charge in [0.2, 0.25) is 5.62 Å². The molecular weight excluding hydrogens is 434 g/mol. The molecule has 4 rings (SSSR count). The summed E-state index contributed by atoms with van der Waals surface area (Å²) in [7, 11) is 1.80. The third-order valence-electron chi connectivity index (χ3n) is 5.86. The van der Waals surface area contributed by atoms with Crippen molar-refractivity contribution < 1.29 is 13.6 Å². The topological polar surface area (TPSA) is 62.8 Å². The van der Waals surface area contributed by atoms with Crippen molar-refractivity contribution in [2.24, 2.45) is 7.05 Å². The zero-order valence-corrected chi connectivity index (χ0v) is 19.3. The van der Waals surface area contributed by atoms with Crippen molar-refractivity contribution in [1.29, 1.82) is 5.41 Å². The Morgan fingerprint density at radius 2 is 1.74 bits per heavy atom. The zero-order valence-electron chi connectivity index (χ0n) is 19.3. The molecule has 0 aliphatic heterocycles. The van der Waals surface area contributed by atoms with Crippen LogP contribution in [-0.4, -0.2) is 15.0 Å². The fraction of sp³-hybridized carbons (Fsp3) is 0.185. The van der Waals surface area contributed by atoms with Crippen LogP contribution >= 0.6 is 0 Å². The molecule has 0 bridgehead atoms. The van der Waals surface area contributed by atoms with E-state index in [9.17, 15) is 13.6 Å². The molecule has 7 heteroatoms. The first-order valence-electron chi connectivity index (χ1n) is 10.9. The summed E-state index contributed by atoms with van der Waals surface area (Å²) in [6, 6.07) is 14.9. The Bertz CT molecular complexity index is 1440. The fourth-order valence-electron chi connectivity index (χ4n) is 3.97. The normalized spacial score (nSPS) is 11.0. The lowest BCUT2D eigenvalue weighted by molar-refractivity contribution is 0.0951. The zero-order chi connectivity index (χ0) is 24.4. The van der Waals surface area contributed by atoms with Crippen molar-refractivity contribution in [3.8, 4) is 11.1 Å². The van der Waals surface area contributed by atoms with E-state index in [-0.39, 0.29) is 24.1 Å². The highest BCUT2D eigenvalue weighted by atomic mass is 19.1. The molecule has 0 atom stereocenters. The van der Waals surface area contributed by atoms with Crippen LogP contribution in [0.25, 0.3) is 11.1 Å². The SMILES string of the molecule is Cc1cc(CNC(=O)c2cc(Cn3ccn(C)c3=N)cc(-c3ccc(F)cc3C)c2)ccc1F. The maximum absolute atomic E-state index is 13.7. The van der Waals surface area contributed by atoms with E-state index in [1.807, 2.05) is 19.2 Å². The van der Waals surface area contributed by atoms with Crippen LogP contribution in [0.3, 0.4) is 0 Å². The second kappa shape index (κ2) is 9.47. The molecule has 0 saturated carbocycles. The summed E-state index contributed by atoms with van der Waals surface area (Å²) >= 11 is 0. The number of carbonyl (C=O) groups is 1. The Balaban J connectivity index is 1.68. The van der Waals surface area contributed by atoms with Gasteiger partial charge in [0.1, 0.15) is 11.6 Å². The number of rotatable bonds is 6. The molecule has 0 unspecified atom stereocenters. The molecule has 0 saturated heterocycles. The highest BCUT2D eigenvalue weighted by Crippen LogP contribution is 2.27.